The molecule has 9 heteroatoms. The van der Waals surface area contributed by atoms with Crippen LogP contribution in [-0.2, 0) is 28.9 Å². The van der Waals surface area contributed by atoms with Gasteiger partial charge in [0.15, 0.2) is 9.84 Å². The van der Waals surface area contributed by atoms with Gasteiger partial charge in [-0.3, -0.25) is 9.59 Å². The lowest BCUT2D eigenvalue weighted by Crippen LogP contribution is -2.50. The lowest BCUT2D eigenvalue weighted by molar-refractivity contribution is -0.147. The number of methoxy groups -OCH3 is 2. The average Bonchev–Trinajstić information content (AvgIpc) is 2.79. The summed E-state index contributed by atoms with van der Waals surface area (Å²) in [5.74, 6) is -1.55. The highest BCUT2D eigenvalue weighted by molar-refractivity contribution is 7.91. The molecule has 1 N–H and O–H groups in total. The Bertz CT molecular complexity index is 464. The Balaban J connectivity index is 2.68. The molecule has 0 aliphatic carbocycles. The number of carbonyl (C=O) groups excluding carboxylic acids is 2. The van der Waals surface area contributed by atoms with Crippen molar-refractivity contribution in [3.05, 3.63) is 0 Å². The van der Waals surface area contributed by atoms with Gasteiger partial charge in [-0.25, -0.2) is 8.42 Å². The summed E-state index contributed by atoms with van der Waals surface area (Å²) >= 11 is 0. The van der Waals surface area contributed by atoms with Crippen LogP contribution in [0.25, 0.3) is 0 Å². The van der Waals surface area contributed by atoms with Crippen LogP contribution in [0.4, 0.5) is 0 Å². The molecule has 1 saturated heterocycles. The molecule has 21 heavy (non-hydrogen) atoms. The van der Waals surface area contributed by atoms with E-state index in [4.69, 9.17) is 9.47 Å². The van der Waals surface area contributed by atoms with Gasteiger partial charge in [0, 0.05) is 33.4 Å². The van der Waals surface area contributed by atoms with Crippen LogP contribution in [0.1, 0.15) is 6.42 Å². The van der Waals surface area contributed by atoms with E-state index in [2.05, 4.69) is 5.32 Å². The minimum absolute atomic E-state index is 0.0414. The lowest BCUT2D eigenvalue weighted by Gasteiger charge is -2.27. The summed E-state index contributed by atoms with van der Waals surface area (Å²) in [5, 5.41) is 2.44. The Kier molecular flexibility index (Phi) is 7.06. The average molecular weight is 322 g/mol. The molecule has 1 unspecified atom stereocenters. The van der Waals surface area contributed by atoms with Gasteiger partial charge in [0.2, 0.25) is 0 Å². The Labute approximate surface area is 124 Å². The first-order chi connectivity index (χ1) is 9.91. The van der Waals surface area contributed by atoms with Crippen molar-refractivity contribution in [1.29, 1.82) is 0 Å². The van der Waals surface area contributed by atoms with Crippen molar-refractivity contribution in [2.45, 2.75) is 12.5 Å². The van der Waals surface area contributed by atoms with Crippen molar-refractivity contribution >= 4 is 21.7 Å². The van der Waals surface area contributed by atoms with E-state index < -0.39 is 27.7 Å². The molecular formula is C12H22N2O6S. The fourth-order valence-electron chi connectivity index (χ4n) is 2.13. The molecule has 0 radical (unpaired) electrons. The summed E-state index contributed by atoms with van der Waals surface area (Å²) < 4.78 is 32.8. The van der Waals surface area contributed by atoms with E-state index in [-0.39, 0.29) is 31.2 Å². The first-order valence-electron chi connectivity index (χ1n) is 6.68. The zero-order valence-corrected chi connectivity index (χ0v) is 13.1. The third-order valence-corrected chi connectivity index (χ3v) is 4.98. The third kappa shape index (κ3) is 5.60. The molecule has 2 amide bonds. The number of hydrogen-bond acceptors (Lipinski definition) is 6. The van der Waals surface area contributed by atoms with E-state index in [1.807, 2.05) is 0 Å². The van der Waals surface area contributed by atoms with E-state index in [9.17, 15) is 18.0 Å². The largest absolute Gasteiger partial charge is 0.383 e. The smallest absolute Gasteiger partial charge is 0.312 e. The molecule has 0 bridgehead atoms. The van der Waals surface area contributed by atoms with E-state index in [0.717, 1.165) is 0 Å². The molecule has 0 aromatic rings. The summed E-state index contributed by atoms with van der Waals surface area (Å²) in [6.07, 6.45) is 0.350. The first kappa shape index (κ1) is 17.9. The van der Waals surface area contributed by atoms with Crippen LogP contribution in [0, 0.1) is 0 Å². The number of sulfone groups is 1. The molecule has 0 saturated carbocycles. The first-order valence-corrected chi connectivity index (χ1v) is 8.50. The maximum Gasteiger partial charge on any atom is 0.312 e. The minimum atomic E-state index is -3.13. The number of carbonyl (C=O) groups is 2. The minimum Gasteiger partial charge on any atom is -0.383 e. The number of rotatable bonds is 7. The molecule has 1 aliphatic rings. The molecule has 122 valence electrons. The van der Waals surface area contributed by atoms with Crippen molar-refractivity contribution in [3.8, 4) is 0 Å². The fraction of sp³-hybridized carbons (Fsp3) is 0.833. The normalized spacial score (nSPS) is 20.2. The molecular weight excluding hydrogens is 300 g/mol. The number of ether oxygens (including phenoxy) is 2. The topological polar surface area (TPSA) is 102 Å². The number of nitrogens with zero attached hydrogens (tertiary/aromatic N) is 1. The fourth-order valence-corrected chi connectivity index (χ4v) is 3.86. The van der Waals surface area contributed by atoms with Gasteiger partial charge in [0.1, 0.15) is 0 Å². The Hall–Kier alpha value is -1.19. The Morgan fingerprint density at radius 1 is 1.24 bits per heavy atom. The molecule has 0 aromatic heterocycles. The molecule has 1 fully saturated rings. The van der Waals surface area contributed by atoms with Crippen LogP contribution in [0.2, 0.25) is 0 Å². The SMILES string of the molecule is COCCNC(=O)C(=O)N(CCOC)C1CCS(=O)(=O)C1. The monoisotopic (exact) mass is 322 g/mol. The predicted molar refractivity (Wildman–Crippen MR) is 75.5 cm³/mol. The van der Waals surface area contributed by atoms with Crippen LogP contribution < -0.4 is 5.32 Å². The highest BCUT2D eigenvalue weighted by atomic mass is 32.2. The highest BCUT2D eigenvalue weighted by Gasteiger charge is 2.36. The summed E-state index contributed by atoms with van der Waals surface area (Å²) in [6.45, 7) is 0.956. The number of nitrogens with one attached hydrogen (secondary N) is 1. The van der Waals surface area contributed by atoms with Gasteiger partial charge < -0.3 is 19.7 Å². The second kappa shape index (κ2) is 8.30. The Morgan fingerprint density at radius 3 is 2.43 bits per heavy atom. The molecule has 1 atom stereocenters. The summed E-state index contributed by atoms with van der Waals surface area (Å²) in [6, 6.07) is -0.467. The van der Waals surface area contributed by atoms with Crippen molar-refractivity contribution in [2.24, 2.45) is 0 Å². The maximum atomic E-state index is 12.2. The van der Waals surface area contributed by atoms with Gasteiger partial charge in [-0.2, -0.15) is 0 Å². The number of hydrogen-bond donors (Lipinski definition) is 1. The van der Waals surface area contributed by atoms with E-state index in [0.29, 0.717) is 13.0 Å². The maximum absolute atomic E-state index is 12.2. The molecule has 1 heterocycles. The van der Waals surface area contributed by atoms with Crippen molar-refractivity contribution in [1.82, 2.24) is 10.2 Å². The van der Waals surface area contributed by atoms with Gasteiger partial charge in [-0.05, 0) is 6.42 Å². The Morgan fingerprint density at radius 2 is 1.90 bits per heavy atom. The molecule has 8 nitrogen and oxygen atoms in total. The molecule has 1 rings (SSSR count). The predicted octanol–water partition coefficient (Wildman–Crippen LogP) is -1.59. The van der Waals surface area contributed by atoms with Crippen LogP contribution in [0.15, 0.2) is 0 Å². The van der Waals surface area contributed by atoms with E-state index in [1.165, 1.54) is 19.1 Å². The zero-order valence-electron chi connectivity index (χ0n) is 12.3. The van der Waals surface area contributed by atoms with E-state index >= 15 is 0 Å². The zero-order chi connectivity index (χ0) is 15.9. The quantitative estimate of drug-likeness (QED) is 0.448. The van der Waals surface area contributed by atoms with Gasteiger partial charge in [-0.15, -0.1) is 0 Å². The van der Waals surface area contributed by atoms with Crippen molar-refractivity contribution < 1.29 is 27.5 Å². The second-order valence-electron chi connectivity index (χ2n) is 4.80. The standard InChI is InChI=1S/C12H22N2O6S/c1-19-6-4-13-11(15)12(16)14(5-7-20-2)10-3-8-21(17,18)9-10/h10H,3-9H2,1-2H3,(H,13,15). The summed E-state index contributed by atoms with van der Waals surface area (Å²) in [5.41, 5.74) is 0. The molecule has 0 spiro atoms. The van der Waals surface area contributed by atoms with Crippen molar-refractivity contribution in [2.75, 3.05) is 52.0 Å². The highest BCUT2D eigenvalue weighted by Crippen LogP contribution is 2.17. The summed E-state index contributed by atoms with van der Waals surface area (Å²) in [7, 11) is -0.165. The van der Waals surface area contributed by atoms with Crippen LogP contribution in [-0.4, -0.2) is 83.2 Å². The van der Waals surface area contributed by atoms with Gasteiger partial charge >= 0.3 is 11.8 Å². The second-order valence-corrected chi connectivity index (χ2v) is 7.03. The van der Waals surface area contributed by atoms with Gasteiger partial charge in [0.05, 0.1) is 24.7 Å². The van der Waals surface area contributed by atoms with E-state index in [1.54, 1.807) is 0 Å². The number of amides is 2. The third-order valence-electron chi connectivity index (χ3n) is 3.23. The van der Waals surface area contributed by atoms with Gasteiger partial charge in [-0.1, -0.05) is 0 Å². The summed E-state index contributed by atoms with van der Waals surface area (Å²) in [4.78, 5) is 25.2. The molecule has 0 aromatic carbocycles. The van der Waals surface area contributed by atoms with Gasteiger partial charge in [0.25, 0.3) is 0 Å². The van der Waals surface area contributed by atoms with Crippen LogP contribution in [0.3, 0.4) is 0 Å². The molecule has 1 aliphatic heterocycles. The van der Waals surface area contributed by atoms with Crippen LogP contribution >= 0.6 is 0 Å². The van der Waals surface area contributed by atoms with Crippen molar-refractivity contribution in [3.63, 3.8) is 0 Å². The van der Waals surface area contributed by atoms with Crippen LogP contribution in [0.5, 0.6) is 0 Å². The lowest BCUT2D eigenvalue weighted by atomic mass is 10.2.